The van der Waals surface area contributed by atoms with Crippen LogP contribution < -0.4 is 5.32 Å². The SMILES string of the molecule is O=C(NCC(c1ccc(F)cc1)N1CCCCC1)c1ccn(C(F)F)n1. The summed E-state index contributed by atoms with van der Waals surface area (Å²) >= 11 is 0. The number of piperidine rings is 1. The van der Waals surface area contributed by atoms with E-state index in [1.807, 2.05) is 0 Å². The molecular weight excluding hydrogens is 345 g/mol. The molecule has 1 aliphatic rings. The molecule has 1 N–H and O–H groups in total. The number of halogens is 3. The number of benzene rings is 1. The number of hydrogen-bond acceptors (Lipinski definition) is 3. The monoisotopic (exact) mass is 366 g/mol. The number of nitrogens with one attached hydrogen (secondary N) is 1. The van der Waals surface area contributed by atoms with Gasteiger partial charge in [-0.15, -0.1) is 0 Å². The summed E-state index contributed by atoms with van der Waals surface area (Å²) < 4.78 is 38.9. The van der Waals surface area contributed by atoms with E-state index in [2.05, 4.69) is 15.3 Å². The summed E-state index contributed by atoms with van der Waals surface area (Å²) in [5.74, 6) is -0.818. The molecule has 140 valence electrons. The lowest BCUT2D eigenvalue weighted by molar-refractivity contribution is 0.0559. The van der Waals surface area contributed by atoms with Gasteiger partial charge in [-0.3, -0.25) is 9.69 Å². The van der Waals surface area contributed by atoms with Crippen molar-refractivity contribution in [2.75, 3.05) is 19.6 Å². The lowest BCUT2D eigenvalue weighted by atomic mass is 10.0. The topological polar surface area (TPSA) is 50.2 Å². The lowest BCUT2D eigenvalue weighted by Gasteiger charge is -2.35. The van der Waals surface area contributed by atoms with Crippen LogP contribution in [0.3, 0.4) is 0 Å². The third-order valence-electron chi connectivity index (χ3n) is 4.58. The number of carbonyl (C=O) groups excluding carboxylic acids is 1. The summed E-state index contributed by atoms with van der Waals surface area (Å²) in [6, 6.07) is 7.39. The van der Waals surface area contributed by atoms with Gasteiger partial charge in [0.05, 0.1) is 6.04 Å². The molecule has 5 nitrogen and oxygen atoms in total. The summed E-state index contributed by atoms with van der Waals surface area (Å²) in [5.41, 5.74) is 0.855. The molecule has 1 atom stereocenters. The number of alkyl halides is 2. The van der Waals surface area contributed by atoms with Gasteiger partial charge < -0.3 is 5.32 Å². The Kier molecular flexibility index (Phi) is 5.92. The van der Waals surface area contributed by atoms with E-state index in [0.29, 0.717) is 11.2 Å². The number of nitrogens with zero attached hydrogens (tertiary/aromatic N) is 3. The van der Waals surface area contributed by atoms with Crippen molar-refractivity contribution in [1.29, 1.82) is 0 Å². The first-order valence-corrected chi connectivity index (χ1v) is 8.65. The summed E-state index contributed by atoms with van der Waals surface area (Å²) in [6.07, 6.45) is 4.39. The van der Waals surface area contributed by atoms with E-state index in [-0.39, 0.29) is 17.6 Å². The zero-order valence-corrected chi connectivity index (χ0v) is 14.2. The van der Waals surface area contributed by atoms with Crippen LogP contribution in [0.2, 0.25) is 0 Å². The normalized spacial score (nSPS) is 16.6. The molecule has 26 heavy (non-hydrogen) atoms. The van der Waals surface area contributed by atoms with Crippen molar-refractivity contribution >= 4 is 5.91 Å². The third-order valence-corrected chi connectivity index (χ3v) is 4.58. The highest BCUT2D eigenvalue weighted by molar-refractivity contribution is 5.92. The fourth-order valence-corrected chi connectivity index (χ4v) is 3.22. The second-order valence-electron chi connectivity index (χ2n) is 6.33. The summed E-state index contributed by atoms with van der Waals surface area (Å²) in [5, 5.41) is 6.34. The Morgan fingerprint density at radius 3 is 2.42 bits per heavy atom. The summed E-state index contributed by atoms with van der Waals surface area (Å²) in [6.45, 7) is -0.682. The van der Waals surface area contributed by atoms with Gasteiger partial charge in [0, 0.05) is 12.7 Å². The minimum Gasteiger partial charge on any atom is -0.349 e. The molecule has 1 aromatic carbocycles. The molecule has 0 spiro atoms. The van der Waals surface area contributed by atoms with E-state index in [9.17, 15) is 18.0 Å². The van der Waals surface area contributed by atoms with Gasteiger partial charge in [0.1, 0.15) is 11.5 Å². The number of carbonyl (C=O) groups is 1. The molecule has 1 aliphatic heterocycles. The fourth-order valence-electron chi connectivity index (χ4n) is 3.22. The van der Waals surface area contributed by atoms with Crippen LogP contribution in [-0.2, 0) is 0 Å². The van der Waals surface area contributed by atoms with Crippen molar-refractivity contribution in [1.82, 2.24) is 20.0 Å². The van der Waals surface area contributed by atoms with Crippen LogP contribution in [-0.4, -0.2) is 40.2 Å². The molecule has 0 saturated carbocycles. The van der Waals surface area contributed by atoms with Crippen molar-refractivity contribution in [3.8, 4) is 0 Å². The summed E-state index contributed by atoms with van der Waals surface area (Å²) in [4.78, 5) is 14.5. The minimum absolute atomic E-state index is 0.0539. The Balaban J connectivity index is 1.70. The Morgan fingerprint density at radius 2 is 1.81 bits per heavy atom. The van der Waals surface area contributed by atoms with E-state index >= 15 is 0 Å². The molecule has 0 aliphatic carbocycles. The average molecular weight is 366 g/mol. The van der Waals surface area contributed by atoms with Gasteiger partial charge in [0.25, 0.3) is 5.91 Å². The zero-order valence-electron chi connectivity index (χ0n) is 14.2. The molecule has 1 fully saturated rings. The molecule has 0 bridgehead atoms. The Labute approximate surface area is 149 Å². The first-order chi connectivity index (χ1) is 12.5. The Bertz CT molecular complexity index is 726. The molecule has 2 aromatic rings. The number of hydrogen-bond donors (Lipinski definition) is 1. The van der Waals surface area contributed by atoms with Gasteiger partial charge in [-0.05, 0) is 49.7 Å². The third kappa shape index (κ3) is 4.43. The maximum absolute atomic E-state index is 13.2. The quantitative estimate of drug-likeness (QED) is 0.853. The maximum atomic E-state index is 13.2. The molecule has 0 radical (unpaired) electrons. The predicted molar refractivity (Wildman–Crippen MR) is 90.4 cm³/mol. The Hall–Kier alpha value is -2.35. The van der Waals surface area contributed by atoms with Gasteiger partial charge in [-0.1, -0.05) is 18.6 Å². The van der Waals surface area contributed by atoms with Crippen molar-refractivity contribution in [2.45, 2.75) is 31.9 Å². The molecule has 1 saturated heterocycles. The zero-order chi connectivity index (χ0) is 18.5. The maximum Gasteiger partial charge on any atom is 0.333 e. The second-order valence-corrected chi connectivity index (χ2v) is 6.33. The first-order valence-electron chi connectivity index (χ1n) is 8.65. The van der Waals surface area contributed by atoms with Gasteiger partial charge >= 0.3 is 6.55 Å². The largest absolute Gasteiger partial charge is 0.349 e. The predicted octanol–water partition coefficient (Wildman–Crippen LogP) is 3.37. The van der Waals surface area contributed by atoms with Crippen LogP contribution in [0.4, 0.5) is 13.2 Å². The first kappa shape index (κ1) is 18.4. The van der Waals surface area contributed by atoms with E-state index < -0.39 is 12.5 Å². The molecule has 3 rings (SSSR count). The second kappa shape index (κ2) is 8.35. The van der Waals surface area contributed by atoms with Crippen LogP contribution >= 0.6 is 0 Å². The number of likely N-dealkylation sites (tertiary alicyclic amines) is 1. The molecule has 1 amide bonds. The van der Waals surface area contributed by atoms with Gasteiger partial charge in [-0.25, -0.2) is 9.07 Å². The highest BCUT2D eigenvalue weighted by Crippen LogP contribution is 2.24. The van der Waals surface area contributed by atoms with Crippen LogP contribution in [0.25, 0.3) is 0 Å². The van der Waals surface area contributed by atoms with E-state index in [0.717, 1.165) is 37.7 Å². The fraction of sp³-hybridized carbons (Fsp3) is 0.444. The molecule has 2 heterocycles. The number of amides is 1. The van der Waals surface area contributed by atoms with Crippen molar-refractivity contribution in [3.05, 3.63) is 53.6 Å². The molecule has 1 unspecified atom stereocenters. The lowest BCUT2D eigenvalue weighted by Crippen LogP contribution is -2.40. The highest BCUT2D eigenvalue weighted by Gasteiger charge is 2.23. The number of rotatable bonds is 6. The Morgan fingerprint density at radius 1 is 1.12 bits per heavy atom. The van der Waals surface area contributed by atoms with Crippen LogP contribution in [0.15, 0.2) is 36.5 Å². The van der Waals surface area contributed by atoms with E-state index in [1.54, 1.807) is 12.1 Å². The van der Waals surface area contributed by atoms with Crippen molar-refractivity contribution in [3.63, 3.8) is 0 Å². The molecule has 8 heteroatoms. The van der Waals surface area contributed by atoms with Crippen LogP contribution in [0, 0.1) is 5.82 Å². The average Bonchev–Trinajstić information content (AvgIpc) is 3.15. The molecule has 1 aromatic heterocycles. The van der Waals surface area contributed by atoms with Crippen LogP contribution in [0.1, 0.15) is 47.9 Å². The van der Waals surface area contributed by atoms with Gasteiger partial charge in [-0.2, -0.15) is 13.9 Å². The van der Waals surface area contributed by atoms with E-state index in [4.69, 9.17) is 0 Å². The summed E-state index contributed by atoms with van der Waals surface area (Å²) in [7, 11) is 0. The minimum atomic E-state index is -2.78. The highest BCUT2D eigenvalue weighted by atomic mass is 19.3. The molecular formula is C18H21F3N4O. The van der Waals surface area contributed by atoms with Gasteiger partial charge in [0.15, 0.2) is 0 Å². The van der Waals surface area contributed by atoms with Crippen molar-refractivity contribution in [2.24, 2.45) is 0 Å². The van der Waals surface area contributed by atoms with Crippen LogP contribution in [0.5, 0.6) is 0 Å². The van der Waals surface area contributed by atoms with Crippen molar-refractivity contribution < 1.29 is 18.0 Å². The van der Waals surface area contributed by atoms with E-state index in [1.165, 1.54) is 24.6 Å². The smallest absolute Gasteiger partial charge is 0.333 e. The number of aromatic nitrogens is 2. The van der Waals surface area contributed by atoms with Gasteiger partial charge in [0.2, 0.25) is 0 Å². The standard InChI is InChI=1S/C18H21F3N4O/c19-14-6-4-13(5-7-14)16(24-9-2-1-3-10-24)12-22-17(26)15-8-11-25(23-15)18(20)21/h4-8,11,16,18H,1-3,9-10,12H2,(H,22,26).